The Morgan fingerprint density at radius 3 is 2.80 bits per heavy atom. The lowest BCUT2D eigenvalue weighted by molar-refractivity contribution is -0.384. The lowest BCUT2D eigenvalue weighted by Gasteiger charge is -2.02. The van der Waals surface area contributed by atoms with Gasteiger partial charge in [0.2, 0.25) is 5.91 Å². The molecule has 3 rings (SSSR count). The number of hydrogen-bond acceptors (Lipinski definition) is 6. The third-order valence-corrected chi connectivity index (χ3v) is 5.38. The third kappa shape index (κ3) is 6.09. The van der Waals surface area contributed by atoms with Gasteiger partial charge in [-0.1, -0.05) is 35.3 Å². The number of halogens is 2. The molecule has 1 amide bonds. The smallest absolute Gasteiger partial charge is 0.269 e. The molecule has 10 heteroatoms. The van der Waals surface area contributed by atoms with Crippen LogP contribution in [-0.2, 0) is 10.5 Å². The van der Waals surface area contributed by atoms with E-state index >= 15 is 0 Å². The number of nitro groups is 1. The molecule has 0 saturated heterocycles. The van der Waals surface area contributed by atoms with Crippen LogP contribution in [0.5, 0.6) is 0 Å². The van der Waals surface area contributed by atoms with E-state index in [0.717, 1.165) is 5.56 Å². The lowest BCUT2D eigenvalue weighted by Crippen LogP contribution is -2.19. The summed E-state index contributed by atoms with van der Waals surface area (Å²) < 4.78 is 5.65. The Kier molecular flexibility index (Phi) is 7.51. The van der Waals surface area contributed by atoms with Gasteiger partial charge in [-0.05, 0) is 35.9 Å². The summed E-state index contributed by atoms with van der Waals surface area (Å²) in [7, 11) is 0. The number of hydrazone groups is 1. The zero-order valence-electron chi connectivity index (χ0n) is 15.4. The van der Waals surface area contributed by atoms with Crippen molar-refractivity contribution in [2.45, 2.75) is 5.75 Å². The van der Waals surface area contributed by atoms with Gasteiger partial charge < -0.3 is 4.42 Å². The van der Waals surface area contributed by atoms with Crippen molar-refractivity contribution in [2.75, 3.05) is 5.75 Å². The Labute approximate surface area is 186 Å². The van der Waals surface area contributed by atoms with Crippen molar-refractivity contribution in [3.05, 3.63) is 86.1 Å². The highest BCUT2D eigenvalue weighted by Gasteiger charge is 2.09. The molecule has 0 radical (unpaired) electrons. The van der Waals surface area contributed by atoms with Crippen LogP contribution in [0.2, 0.25) is 10.0 Å². The van der Waals surface area contributed by atoms with Crippen molar-refractivity contribution in [3.63, 3.8) is 0 Å². The molecule has 2 aromatic carbocycles. The second-order valence-corrected chi connectivity index (χ2v) is 7.87. The van der Waals surface area contributed by atoms with E-state index in [0.29, 0.717) is 32.9 Å². The van der Waals surface area contributed by atoms with Crippen LogP contribution in [0.15, 0.2) is 64.1 Å². The molecular formula is C20H15Cl2N3O4S. The zero-order valence-corrected chi connectivity index (χ0v) is 17.7. The molecule has 0 saturated carbocycles. The Bertz CT molecular complexity index is 1100. The van der Waals surface area contributed by atoms with Gasteiger partial charge >= 0.3 is 0 Å². The van der Waals surface area contributed by atoms with Gasteiger partial charge in [0, 0.05) is 28.5 Å². The summed E-state index contributed by atoms with van der Waals surface area (Å²) in [4.78, 5) is 22.2. The summed E-state index contributed by atoms with van der Waals surface area (Å²) in [5, 5.41) is 15.7. The molecule has 0 aliphatic heterocycles. The molecule has 1 aromatic heterocycles. The summed E-state index contributed by atoms with van der Waals surface area (Å²) in [5.41, 5.74) is 3.91. The van der Waals surface area contributed by atoms with Gasteiger partial charge in [-0.3, -0.25) is 14.9 Å². The molecule has 0 unspecified atom stereocenters. The van der Waals surface area contributed by atoms with Gasteiger partial charge in [-0.15, -0.1) is 11.8 Å². The van der Waals surface area contributed by atoms with E-state index in [1.807, 2.05) is 0 Å². The number of benzene rings is 2. The number of thioether (sulfide) groups is 1. The Balaban J connectivity index is 1.47. The highest BCUT2D eigenvalue weighted by Crippen LogP contribution is 2.31. The van der Waals surface area contributed by atoms with E-state index in [2.05, 4.69) is 10.5 Å². The third-order valence-electron chi connectivity index (χ3n) is 3.83. The van der Waals surface area contributed by atoms with Gasteiger partial charge in [0.05, 0.1) is 21.9 Å². The molecule has 0 atom stereocenters. The maximum atomic E-state index is 11.9. The van der Waals surface area contributed by atoms with E-state index in [9.17, 15) is 14.9 Å². The molecule has 7 nitrogen and oxygen atoms in total. The normalized spacial score (nSPS) is 11.0. The van der Waals surface area contributed by atoms with E-state index in [1.54, 1.807) is 42.5 Å². The number of rotatable bonds is 8. The minimum atomic E-state index is -0.448. The molecular weight excluding hydrogens is 449 g/mol. The summed E-state index contributed by atoms with van der Waals surface area (Å²) >= 11 is 13.4. The number of nitrogens with zero attached hydrogens (tertiary/aromatic N) is 2. The number of furan rings is 1. The fraction of sp³-hybridized carbons (Fsp3) is 0.100. The van der Waals surface area contributed by atoms with Crippen LogP contribution in [0.1, 0.15) is 11.3 Å². The minimum Gasteiger partial charge on any atom is -0.455 e. The van der Waals surface area contributed by atoms with Crippen molar-refractivity contribution < 1.29 is 14.1 Å². The highest BCUT2D eigenvalue weighted by molar-refractivity contribution is 7.99. The molecule has 0 fully saturated rings. The number of carbonyl (C=O) groups is 1. The molecule has 0 aliphatic rings. The molecule has 30 heavy (non-hydrogen) atoms. The van der Waals surface area contributed by atoms with Gasteiger partial charge in [-0.25, -0.2) is 5.43 Å². The number of non-ortho nitro benzene ring substituents is 1. The molecule has 0 spiro atoms. The number of nitrogens with one attached hydrogen (secondary N) is 1. The minimum absolute atomic E-state index is 0.0276. The van der Waals surface area contributed by atoms with Crippen LogP contribution in [0, 0.1) is 10.1 Å². The maximum absolute atomic E-state index is 11.9. The number of hydrogen-bond donors (Lipinski definition) is 1. The standard InChI is InChI=1S/C20H15Cl2N3O4S/c21-14-4-6-17(18(22)9-14)19-7-5-16(29-19)10-23-24-20(26)12-30-11-13-2-1-3-15(8-13)25(27)28/h1-10H,11-12H2,(H,24,26)/b23-10-. The van der Waals surface area contributed by atoms with Crippen LogP contribution >= 0.6 is 35.0 Å². The average molecular weight is 464 g/mol. The largest absolute Gasteiger partial charge is 0.455 e. The SMILES string of the molecule is O=C(CSCc1cccc([N+](=O)[O-])c1)N/N=C\c1ccc(-c2ccc(Cl)cc2Cl)o1. The van der Waals surface area contributed by atoms with Crippen LogP contribution in [0.25, 0.3) is 11.3 Å². The topological polar surface area (TPSA) is 97.7 Å². The van der Waals surface area contributed by atoms with Crippen LogP contribution in [-0.4, -0.2) is 22.8 Å². The number of amides is 1. The van der Waals surface area contributed by atoms with E-state index in [-0.39, 0.29) is 17.3 Å². The average Bonchev–Trinajstić information content (AvgIpc) is 3.16. The maximum Gasteiger partial charge on any atom is 0.269 e. The Morgan fingerprint density at radius 1 is 1.20 bits per heavy atom. The van der Waals surface area contributed by atoms with Crippen molar-refractivity contribution in [1.29, 1.82) is 0 Å². The van der Waals surface area contributed by atoms with Gasteiger partial charge in [0.15, 0.2) is 0 Å². The van der Waals surface area contributed by atoms with E-state index in [4.69, 9.17) is 27.6 Å². The predicted octanol–water partition coefficient (Wildman–Crippen LogP) is 5.55. The Hall–Kier alpha value is -2.81. The molecule has 0 aliphatic carbocycles. The van der Waals surface area contributed by atoms with E-state index in [1.165, 1.54) is 30.1 Å². The molecule has 154 valence electrons. The van der Waals surface area contributed by atoms with Crippen LogP contribution in [0.3, 0.4) is 0 Å². The molecule has 1 N–H and O–H groups in total. The first-order chi connectivity index (χ1) is 14.4. The second kappa shape index (κ2) is 10.3. The molecule has 0 bridgehead atoms. The Morgan fingerprint density at radius 2 is 2.03 bits per heavy atom. The predicted molar refractivity (Wildman–Crippen MR) is 119 cm³/mol. The highest BCUT2D eigenvalue weighted by atomic mass is 35.5. The van der Waals surface area contributed by atoms with Crippen molar-refractivity contribution in [2.24, 2.45) is 5.10 Å². The first-order valence-corrected chi connectivity index (χ1v) is 10.5. The fourth-order valence-electron chi connectivity index (χ4n) is 2.48. The first kappa shape index (κ1) is 21.9. The van der Waals surface area contributed by atoms with Crippen LogP contribution < -0.4 is 5.43 Å². The molecule has 1 heterocycles. The number of nitro benzene ring substituents is 1. The van der Waals surface area contributed by atoms with Crippen LogP contribution in [0.4, 0.5) is 5.69 Å². The summed E-state index contributed by atoms with van der Waals surface area (Å²) in [5.74, 6) is 1.33. The summed E-state index contributed by atoms with van der Waals surface area (Å²) in [6.45, 7) is 0. The van der Waals surface area contributed by atoms with E-state index < -0.39 is 4.92 Å². The fourth-order valence-corrected chi connectivity index (χ4v) is 3.75. The van der Waals surface area contributed by atoms with Crippen molar-refractivity contribution >= 4 is 52.8 Å². The van der Waals surface area contributed by atoms with Gasteiger partial charge in [0.25, 0.3) is 5.69 Å². The quantitative estimate of drug-likeness (QED) is 0.268. The summed E-state index contributed by atoms with van der Waals surface area (Å²) in [6.07, 6.45) is 1.39. The first-order valence-electron chi connectivity index (χ1n) is 8.60. The zero-order chi connectivity index (χ0) is 21.5. The number of carbonyl (C=O) groups excluding carboxylic acids is 1. The lowest BCUT2D eigenvalue weighted by atomic mass is 10.2. The van der Waals surface area contributed by atoms with Gasteiger partial charge in [0.1, 0.15) is 11.5 Å². The van der Waals surface area contributed by atoms with Crippen molar-refractivity contribution in [1.82, 2.24) is 5.43 Å². The second-order valence-electron chi connectivity index (χ2n) is 6.04. The molecule has 3 aromatic rings. The summed E-state index contributed by atoms with van der Waals surface area (Å²) in [6, 6.07) is 14.8. The van der Waals surface area contributed by atoms with Crippen molar-refractivity contribution in [3.8, 4) is 11.3 Å². The monoisotopic (exact) mass is 463 g/mol. The van der Waals surface area contributed by atoms with Gasteiger partial charge in [-0.2, -0.15) is 5.10 Å².